The van der Waals surface area contributed by atoms with Crippen LogP contribution in [0.5, 0.6) is 0 Å². The summed E-state index contributed by atoms with van der Waals surface area (Å²) in [6.45, 7) is 4.91. The third kappa shape index (κ3) is 7.81. The van der Waals surface area contributed by atoms with Crippen molar-refractivity contribution in [2.75, 3.05) is 46.9 Å². The average Bonchev–Trinajstić information content (AvgIpc) is 2.54. The number of rotatable bonds is 7. The topological polar surface area (TPSA) is 44.8 Å². The van der Waals surface area contributed by atoms with Crippen molar-refractivity contribution in [3.05, 3.63) is 35.9 Å². The maximum atomic E-state index is 12.2. The molecule has 1 N–H and O–H groups in total. The molecular formula is C17H29Cl2N3O2. The van der Waals surface area contributed by atoms with Crippen molar-refractivity contribution >= 4 is 30.7 Å². The Morgan fingerprint density at radius 1 is 1.33 bits per heavy atom. The summed E-state index contributed by atoms with van der Waals surface area (Å²) in [5.41, 5.74) is 1.31. The fourth-order valence-electron chi connectivity index (χ4n) is 2.64. The smallest absolute Gasteiger partial charge is 0.225 e. The molecule has 0 spiro atoms. The summed E-state index contributed by atoms with van der Waals surface area (Å²) < 4.78 is 5.77. The summed E-state index contributed by atoms with van der Waals surface area (Å²) in [7, 11) is 3.74. The van der Waals surface area contributed by atoms with E-state index in [1.54, 1.807) is 4.90 Å². The maximum Gasteiger partial charge on any atom is 0.225 e. The Bertz CT molecular complexity index is 462. The van der Waals surface area contributed by atoms with Crippen molar-refractivity contribution in [3.63, 3.8) is 0 Å². The number of halogens is 2. The number of morpholine rings is 1. The number of hydrogen-bond donors (Lipinski definition) is 1. The molecule has 1 aliphatic rings. The van der Waals surface area contributed by atoms with E-state index in [1.165, 1.54) is 5.56 Å². The molecular weight excluding hydrogens is 349 g/mol. The summed E-state index contributed by atoms with van der Waals surface area (Å²) in [6.07, 6.45) is 0.466. The summed E-state index contributed by atoms with van der Waals surface area (Å²) in [6, 6.07) is 10.4. The van der Waals surface area contributed by atoms with Crippen LogP contribution in [0.3, 0.4) is 0 Å². The number of carbonyl (C=O) groups is 1. The van der Waals surface area contributed by atoms with Gasteiger partial charge in [0.2, 0.25) is 5.91 Å². The predicted octanol–water partition coefficient (Wildman–Crippen LogP) is 1.80. The Labute approximate surface area is 157 Å². The zero-order valence-electron chi connectivity index (χ0n) is 14.4. The SMILES string of the molecule is CNCCN(C)C(=O)CC1CN(Cc2ccccc2)CCO1.Cl.Cl. The number of carbonyl (C=O) groups excluding carboxylic acids is 1. The number of hydrogen-bond acceptors (Lipinski definition) is 4. The molecule has 1 saturated heterocycles. The number of nitrogens with one attached hydrogen (secondary N) is 1. The normalized spacial score (nSPS) is 17.5. The lowest BCUT2D eigenvalue weighted by Gasteiger charge is -2.33. The highest BCUT2D eigenvalue weighted by Gasteiger charge is 2.24. The summed E-state index contributed by atoms with van der Waals surface area (Å²) >= 11 is 0. The van der Waals surface area contributed by atoms with E-state index >= 15 is 0 Å². The van der Waals surface area contributed by atoms with E-state index in [-0.39, 0.29) is 36.8 Å². The molecule has 1 heterocycles. The van der Waals surface area contributed by atoms with E-state index in [4.69, 9.17) is 4.74 Å². The Morgan fingerprint density at radius 2 is 2.04 bits per heavy atom. The lowest BCUT2D eigenvalue weighted by Crippen LogP contribution is -2.44. The number of ether oxygens (including phenoxy) is 1. The Hall–Kier alpha value is -0.850. The highest BCUT2D eigenvalue weighted by Crippen LogP contribution is 2.13. The van der Waals surface area contributed by atoms with Gasteiger partial charge in [0.1, 0.15) is 0 Å². The standard InChI is InChI=1S/C17H27N3O2.2ClH/c1-18-8-9-19(2)17(21)12-16-14-20(10-11-22-16)13-15-6-4-3-5-7-15;;/h3-7,16,18H,8-14H2,1-2H3;2*1H. The number of nitrogens with zero attached hydrogens (tertiary/aromatic N) is 2. The minimum absolute atomic E-state index is 0. The fraction of sp³-hybridized carbons (Fsp3) is 0.588. The molecule has 0 bridgehead atoms. The first-order chi connectivity index (χ1) is 10.7. The van der Waals surface area contributed by atoms with Crippen molar-refractivity contribution in [2.45, 2.75) is 19.1 Å². The van der Waals surface area contributed by atoms with Gasteiger partial charge in [-0.05, 0) is 12.6 Å². The first-order valence-corrected chi connectivity index (χ1v) is 7.95. The summed E-state index contributed by atoms with van der Waals surface area (Å²) in [5.74, 6) is 0.154. The molecule has 1 unspecified atom stereocenters. The van der Waals surface area contributed by atoms with Gasteiger partial charge in [0.05, 0.1) is 19.1 Å². The molecule has 1 fully saturated rings. The van der Waals surface area contributed by atoms with Crippen LogP contribution in [0.4, 0.5) is 0 Å². The van der Waals surface area contributed by atoms with Crippen molar-refractivity contribution in [1.29, 1.82) is 0 Å². The van der Waals surface area contributed by atoms with E-state index < -0.39 is 0 Å². The van der Waals surface area contributed by atoms with Gasteiger partial charge in [-0.15, -0.1) is 24.8 Å². The van der Waals surface area contributed by atoms with Gasteiger partial charge >= 0.3 is 0 Å². The second-order valence-electron chi connectivity index (χ2n) is 5.84. The first kappa shape index (κ1) is 23.1. The largest absolute Gasteiger partial charge is 0.375 e. The Morgan fingerprint density at radius 3 is 2.71 bits per heavy atom. The zero-order valence-corrected chi connectivity index (χ0v) is 16.1. The van der Waals surface area contributed by atoms with Crippen molar-refractivity contribution in [3.8, 4) is 0 Å². The highest BCUT2D eigenvalue weighted by molar-refractivity contribution is 5.85. The third-order valence-electron chi connectivity index (χ3n) is 4.00. The quantitative estimate of drug-likeness (QED) is 0.786. The van der Waals surface area contributed by atoms with E-state index in [1.807, 2.05) is 20.2 Å². The van der Waals surface area contributed by atoms with Crippen molar-refractivity contribution < 1.29 is 9.53 Å². The fourth-order valence-corrected chi connectivity index (χ4v) is 2.64. The van der Waals surface area contributed by atoms with Gasteiger partial charge in [-0.25, -0.2) is 0 Å². The van der Waals surface area contributed by atoms with Crippen LogP contribution in [0.25, 0.3) is 0 Å². The van der Waals surface area contributed by atoms with Gasteiger partial charge in [0, 0.05) is 39.8 Å². The molecule has 0 saturated carbocycles. The third-order valence-corrected chi connectivity index (χ3v) is 4.00. The van der Waals surface area contributed by atoms with Gasteiger partial charge in [0.25, 0.3) is 0 Å². The molecule has 5 nitrogen and oxygen atoms in total. The van der Waals surface area contributed by atoms with Gasteiger partial charge < -0.3 is 15.0 Å². The Balaban J connectivity index is 0.00000264. The van der Waals surface area contributed by atoms with Crippen molar-refractivity contribution in [1.82, 2.24) is 15.1 Å². The van der Waals surface area contributed by atoms with E-state index in [0.717, 1.165) is 32.7 Å². The minimum atomic E-state index is 0. The predicted molar refractivity (Wildman–Crippen MR) is 102 cm³/mol. The molecule has 0 radical (unpaired) electrons. The van der Waals surface area contributed by atoms with Crippen LogP contribution < -0.4 is 5.32 Å². The molecule has 0 aliphatic carbocycles. The maximum absolute atomic E-state index is 12.2. The molecule has 1 aromatic carbocycles. The van der Waals surface area contributed by atoms with Gasteiger partial charge in [-0.2, -0.15) is 0 Å². The summed E-state index contributed by atoms with van der Waals surface area (Å²) in [4.78, 5) is 16.3. The van der Waals surface area contributed by atoms with Crippen LogP contribution >= 0.6 is 24.8 Å². The monoisotopic (exact) mass is 377 g/mol. The molecule has 0 aromatic heterocycles. The molecule has 138 valence electrons. The highest BCUT2D eigenvalue weighted by atomic mass is 35.5. The number of benzene rings is 1. The van der Waals surface area contributed by atoms with Crippen LogP contribution in [0.1, 0.15) is 12.0 Å². The lowest BCUT2D eigenvalue weighted by molar-refractivity contribution is -0.135. The molecule has 2 rings (SSSR count). The summed E-state index contributed by atoms with van der Waals surface area (Å²) in [5, 5.41) is 3.06. The zero-order chi connectivity index (χ0) is 15.8. The van der Waals surface area contributed by atoms with Gasteiger partial charge in [0.15, 0.2) is 0 Å². The van der Waals surface area contributed by atoms with Crippen LogP contribution in [0.15, 0.2) is 30.3 Å². The molecule has 1 aliphatic heterocycles. The van der Waals surface area contributed by atoms with Crippen LogP contribution in [-0.4, -0.2) is 68.7 Å². The van der Waals surface area contributed by atoms with Gasteiger partial charge in [-0.3, -0.25) is 9.69 Å². The lowest BCUT2D eigenvalue weighted by atomic mass is 10.1. The molecule has 1 atom stereocenters. The van der Waals surface area contributed by atoms with E-state index in [2.05, 4.69) is 34.5 Å². The Kier molecular flexibility index (Phi) is 12.1. The first-order valence-electron chi connectivity index (χ1n) is 7.95. The molecule has 1 amide bonds. The van der Waals surface area contributed by atoms with E-state index in [0.29, 0.717) is 13.0 Å². The number of amides is 1. The van der Waals surface area contributed by atoms with E-state index in [9.17, 15) is 4.79 Å². The van der Waals surface area contributed by atoms with Crippen LogP contribution in [-0.2, 0) is 16.1 Å². The second-order valence-corrected chi connectivity index (χ2v) is 5.84. The van der Waals surface area contributed by atoms with Crippen LogP contribution in [0, 0.1) is 0 Å². The van der Waals surface area contributed by atoms with Gasteiger partial charge in [-0.1, -0.05) is 30.3 Å². The molecule has 1 aromatic rings. The van der Waals surface area contributed by atoms with Crippen LogP contribution in [0.2, 0.25) is 0 Å². The molecule has 24 heavy (non-hydrogen) atoms. The average molecular weight is 378 g/mol. The van der Waals surface area contributed by atoms with Crippen molar-refractivity contribution in [2.24, 2.45) is 0 Å². The second kappa shape index (κ2) is 12.5. The number of likely N-dealkylation sites (N-methyl/N-ethyl adjacent to an activating group) is 2. The minimum Gasteiger partial charge on any atom is -0.375 e. The molecule has 7 heteroatoms.